The molecule has 9 heteroatoms. The van der Waals surface area contributed by atoms with Crippen LogP contribution in [0.2, 0.25) is 10.0 Å². The molecule has 0 aliphatic rings. The minimum Gasteiger partial charge on any atom is -0.397 e. The van der Waals surface area contributed by atoms with E-state index in [0.717, 1.165) is 4.34 Å². The van der Waals surface area contributed by atoms with Gasteiger partial charge in [0.2, 0.25) is 5.91 Å². The van der Waals surface area contributed by atoms with Crippen molar-refractivity contribution in [3.63, 3.8) is 0 Å². The minimum absolute atomic E-state index is 0.201. The van der Waals surface area contributed by atoms with Crippen molar-refractivity contribution in [1.29, 1.82) is 0 Å². The van der Waals surface area contributed by atoms with E-state index >= 15 is 0 Å². The van der Waals surface area contributed by atoms with Crippen LogP contribution in [0, 0.1) is 6.92 Å². The van der Waals surface area contributed by atoms with E-state index in [9.17, 15) is 4.79 Å². The third kappa shape index (κ3) is 3.99. The van der Waals surface area contributed by atoms with Crippen molar-refractivity contribution in [2.24, 2.45) is 0 Å². The molecule has 0 bridgehead atoms. The number of anilines is 2. The van der Waals surface area contributed by atoms with E-state index in [0.29, 0.717) is 27.2 Å². The lowest BCUT2D eigenvalue weighted by Gasteiger charge is -2.10. The molecule has 0 saturated carbocycles. The second kappa shape index (κ2) is 6.62. The molecule has 2 rings (SSSR count). The van der Waals surface area contributed by atoms with Crippen LogP contribution in [0.4, 0.5) is 11.4 Å². The Balaban J connectivity index is 1.98. The number of amides is 1. The monoisotopic (exact) mass is 348 g/mol. The summed E-state index contributed by atoms with van der Waals surface area (Å²) in [5.41, 5.74) is 6.47. The number of nitrogens with zero attached hydrogens (tertiary/aromatic N) is 2. The summed E-state index contributed by atoms with van der Waals surface area (Å²) in [4.78, 5) is 16.0. The molecule has 1 heterocycles. The smallest absolute Gasteiger partial charge is 0.234 e. The lowest BCUT2D eigenvalue weighted by Crippen LogP contribution is -2.15. The molecule has 0 saturated heterocycles. The van der Waals surface area contributed by atoms with E-state index < -0.39 is 0 Å². The molecule has 0 aliphatic heterocycles. The standard InChI is InChI=1S/C11H10Cl2N4OS2/c1-5-15-11(20-17-5)19-4-9(18)16-10-7(13)2-6(12)3-8(10)14/h2-3H,4,14H2,1H3,(H,16,18). The highest BCUT2D eigenvalue weighted by Gasteiger charge is 2.12. The van der Waals surface area contributed by atoms with Gasteiger partial charge >= 0.3 is 0 Å². The Hall–Kier alpha value is -1.02. The van der Waals surface area contributed by atoms with Crippen molar-refractivity contribution in [2.75, 3.05) is 16.8 Å². The Morgan fingerprint density at radius 3 is 2.85 bits per heavy atom. The molecule has 3 N–H and O–H groups in total. The summed E-state index contributed by atoms with van der Waals surface area (Å²) in [6.07, 6.45) is 0. The SMILES string of the molecule is Cc1nsc(SCC(=O)Nc2c(N)cc(Cl)cc2Cl)n1. The number of thioether (sulfide) groups is 1. The number of nitrogen functional groups attached to an aromatic ring is 1. The van der Waals surface area contributed by atoms with Gasteiger partial charge in [0.1, 0.15) is 5.82 Å². The molecule has 0 radical (unpaired) electrons. The number of hydrogen-bond donors (Lipinski definition) is 2. The predicted octanol–water partition coefficient (Wildman–Crippen LogP) is 3.47. The first-order valence-corrected chi connectivity index (χ1v) is 7.94. The Labute approximate surface area is 134 Å². The number of rotatable bonds is 4. The number of hydrogen-bond acceptors (Lipinski definition) is 6. The van der Waals surface area contributed by atoms with Gasteiger partial charge in [-0.2, -0.15) is 4.37 Å². The van der Waals surface area contributed by atoms with Crippen LogP contribution in [0.25, 0.3) is 0 Å². The van der Waals surface area contributed by atoms with Crippen molar-refractivity contribution in [3.8, 4) is 0 Å². The van der Waals surface area contributed by atoms with Crippen LogP contribution < -0.4 is 11.1 Å². The van der Waals surface area contributed by atoms with Crippen LogP contribution in [0.3, 0.4) is 0 Å². The van der Waals surface area contributed by atoms with Crippen LogP contribution in [0.15, 0.2) is 16.5 Å². The molecule has 0 unspecified atom stereocenters. The Bertz CT molecular complexity index is 624. The van der Waals surface area contributed by atoms with Crippen LogP contribution in [-0.4, -0.2) is 21.0 Å². The first-order chi connectivity index (χ1) is 9.45. The molecular weight excluding hydrogens is 339 g/mol. The van der Waals surface area contributed by atoms with E-state index in [1.165, 1.54) is 35.4 Å². The molecule has 1 amide bonds. The van der Waals surface area contributed by atoms with Gasteiger partial charge in [-0.25, -0.2) is 4.98 Å². The van der Waals surface area contributed by atoms with Gasteiger partial charge in [-0.15, -0.1) is 0 Å². The van der Waals surface area contributed by atoms with E-state index in [4.69, 9.17) is 28.9 Å². The second-order valence-corrected chi connectivity index (χ2v) is 6.61. The maximum atomic E-state index is 11.9. The third-order valence-corrected chi connectivity index (χ3v) is 4.63. The van der Waals surface area contributed by atoms with Crippen molar-refractivity contribution in [1.82, 2.24) is 9.36 Å². The zero-order valence-corrected chi connectivity index (χ0v) is 13.5. The van der Waals surface area contributed by atoms with Gasteiger partial charge in [-0.1, -0.05) is 35.0 Å². The summed E-state index contributed by atoms with van der Waals surface area (Å²) < 4.78 is 4.78. The van der Waals surface area contributed by atoms with Crippen molar-refractivity contribution in [3.05, 3.63) is 28.0 Å². The quantitative estimate of drug-likeness (QED) is 0.653. The summed E-state index contributed by atoms with van der Waals surface area (Å²) in [6, 6.07) is 3.06. The molecule has 106 valence electrons. The van der Waals surface area contributed by atoms with Crippen LogP contribution in [-0.2, 0) is 4.79 Å². The molecular formula is C11H10Cl2N4OS2. The van der Waals surface area contributed by atoms with Gasteiger partial charge in [0.15, 0.2) is 4.34 Å². The number of carbonyl (C=O) groups excluding carboxylic acids is 1. The molecule has 1 aromatic heterocycles. The largest absolute Gasteiger partial charge is 0.397 e. The minimum atomic E-state index is -0.223. The summed E-state index contributed by atoms with van der Waals surface area (Å²) in [6.45, 7) is 1.80. The fraction of sp³-hybridized carbons (Fsp3) is 0.182. The summed E-state index contributed by atoms with van der Waals surface area (Å²) >= 11 is 14.4. The maximum absolute atomic E-state index is 11.9. The van der Waals surface area contributed by atoms with Gasteiger partial charge in [-0.3, -0.25) is 4.79 Å². The summed E-state index contributed by atoms with van der Waals surface area (Å²) in [7, 11) is 0. The number of nitrogens with two attached hydrogens (primary N) is 1. The third-order valence-electron chi connectivity index (χ3n) is 2.19. The van der Waals surface area contributed by atoms with Crippen LogP contribution in [0.1, 0.15) is 5.82 Å². The number of carbonyl (C=O) groups is 1. The van der Waals surface area contributed by atoms with Crippen molar-refractivity contribution < 1.29 is 4.79 Å². The molecule has 0 atom stereocenters. The van der Waals surface area contributed by atoms with Gasteiger partial charge in [0, 0.05) is 5.02 Å². The molecule has 5 nitrogen and oxygen atoms in total. The Morgan fingerprint density at radius 1 is 1.50 bits per heavy atom. The van der Waals surface area contributed by atoms with Crippen LogP contribution >= 0.6 is 46.5 Å². The Morgan fingerprint density at radius 2 is 2.25 bits per heavy atom. The molecule has 20 heavy (non-hydrogen) atoms. The van der Waals surface area contributed by atoms with E-state index in [1.807, 2.05) is 0 Å². The topological polar surface area (TPSA) is 80.9 Å². The molecule has 0 aliphatic carbocycles. The number of halogens is 2. The first-order valence-electron chi connectivity index (χ1n) is 5.43. The fourth-order valence-corrected chi connectivity index (χ4v) is 3.37. The van der Waals surface area contributed by atoms with Crippen molar-refractivity contribution >= 4 is 63.8 Å². The highest BCUT2D eigenvalue weighted by Crippen LogP contribution is 2.32. The van der Waals surface area contributed by atoms with Gasteiger partial charge in [0.05, 0.1) is 22.2 Å². The lowest BCUT2D eigenvalue weighted by molar-refractivity contribution is -0.113. The number of benzene rings is 1. The molecule has 0 fully saturated rings. The normalized spacial score (nSPS) is 10.6. The highest BCUT2D eigenvalue weighted by atomic mass is 35.5. The Kier molecular flexibility index (Phi) is 5.09. The van der Waals surface area contributed by atoms with Gasteiger partial charge in [-0.05, 0) is 30.6 Å². The molecule has 0 spiro atoms. The average Bonchev–Trinajstić information content (AvgIpc) is 2.77. The van der Waals surface area contributed by atoms with Crippen molar-refractivity contribution in [2.45, 2.75) is 11.3 Å². The van der Waals surface area contributed by atoms with Crippen LogP contribution in [0.5, 0.6) is 0 Å². The number of aromatic nitrogens is 2. The highest BCUT2D eigenvalue weighted by molar-refractivity contribution is 8.01. The average molecular weight is 349 g/mol. The summed E-state index contributed by atoms with van der Waals surface area (Å²) in [5, 5.41) is 3.39. The van der Waals surface area contributed by atoms with E-state index in [2.05, 4.69) is 14.7 Å². The zero-order valence-electron chi connectivity index (χ0n) is 10.3. The maximum Gasteiger partial charge on any atom is 0.234 e. The fourth-order valence-electron chi connectivity index (χ4n) is 1.36. The molecule has 2 aromatic rings. The second-order valence-electron chi connectivity index (χ2n) is 3.80. The predicted molar refractivity (Wildman–Crippen MR) is 84.9 cm³/mol. The van der Waals surface area contributed by atoms with Gasteiger partial charge in [0.25, 0.3) is 0 Å². The first kappa shape index (κ1) is 15.4. The van der Waals surface area contributed by atoms with E-state index in [1.54, 1.807) is 6.92 Å². The number of aryl methyl sites for hydroxylation is 1. The lowest BCUT2D eigenvalue weighted by atomic mass is 10.2. The van der Waals surface area contributed by atoms with Gasteiger partial charge < -0.3 is 11.1 Å². The number of nitrogens with one attached hydrogen (secondary N) is 1. The zero-order chi connectivity index (χ0) is 14.7. The molecule has 1 aromatic carbocycles. The van der Waals surface area contributed by atoms with E-state index in [-0.39, 0.29) is 11.7 Å². The summed E-state index contributed by atoms with van der Waals surface area (Å²) in [5.74, 6) is 0.675.